The topological polar surface area (TPSA) is 58.1 Å². The molecule has 0 spiro atoms. The fourth-order valence-electron chi connectivity index (χ4n) is 4.10. The summed E-state index contributed by atoms with van der Waals surface area (Å²) in [6.07, 6.45) is 2.47. The summed E-state index contributed by atoms with van der Waals surface area (Å²) in [4.78, 5) is 8.74. The van der Waals surface area contributed by atoms with Gasteiger partial charge < -0.3 is 20.1 Å². The van der Waals surface area contributed by atoms with E-state index in [0.29, 0.717) is 18.5 Å². The predicted octanol–water partition coefficient (Wildman–Crippen LogP) is 4.52. The molecular weight excluding hydrogens is 523 g/mol. The molecule has 2 N–H and O–H groups in total. The third-order valence-corrected chi connectivity index (χ3v) is 6.53. The van der Waals surface area contributed by atoms with Crippen molar-refractivity contribution in [3.63, 3.8) is 0 Å². The first-order valence-corrected chi connectivity index (χ1v) is 11.5. The number of ether oxygens (including phenoxy) is 2. The third kappa shape index (κ3) is 6.98. The first-order valence-electron chi connectivity index (χ1n) is 10.6. The first kappa shape index (κ1) is 25.7. The van der Waals surface area contributed by atoms with Gasteiger partial charge >= 0.3 is 0 Å². The molecule has 3 rings (SSSR count). The number of thiophene rings is 1. The van der Waals surface area contributed by atoms with Crippen molar-refractivity contribution in [2.75, 3.05) is 40.9 Å². The molecule has 1 aliphatic heterocycles. The standard InChI is InChI=1S/C23H34N4O2S.HI/c1-5-24-23(25-15-17-10-11-19(28-3)20(14-17)29-4)26-16-18-8-6-12-27(2)22(18)21-9-7-13-30-21;/h7,9-11,13-14,18,22H,5-6,8,12,15-16H2,1-4H3,(H2,24,25,26);1H. The van der Waals surface area contributed by atoms with Crippen molar-refractivity contribution in [2.45, 2.75) is 32.4 Å². The van der Waals surface area contributed by atoms with Crippen LogP contribution in [0.4, 0.5) is 0 Å². The lowest BCUT2D eigenvalue weighted by molar-refractivity contribution is 0.125. The molecule has 0 amide bonds. The summed E-state index contributed by atoms with van der Waals surface area (Å²) in [6, 6.07) is 10.8. The maximum absolute atomic E-state index is 5.41. The summed E-state index contributed by atoms with van der Waals surface area (Å²) in [5.74, 6) is 2.88. The zero-order chi connectivity index (χ0) is 21.3. The number of nitrogens with one attached hydrogen (secondary N) is 2. The van der Waals surface area contributed by atoms with Crippen LogP contribution in [0.15, 0.2) is 40.7 Å². The average molecular weight is 559 g/mol. The molecule has 0 saturated carbocycles. The van der Waals surface area contributed by atoms with Crippen LogP contribution < -0.4 is 20.1 Å². The number of aliphatic imine (C=N–C) groups is 1. The zero-order valence-electron chi connectivity index (χ0n) is 18.9. The molecule has 1 saturated heterocycles. The number of halogens is 1. The Balaban J connectivity index is 0.00000341. The number of hydrogen-bond acceptors (Lipinski definition) is 5. The number of methoxy groups -OCH3 is 2. The molecule has 0 aliphatic carbocycles. The van der Waals surface area contributed by atoms with E-state index in [0.717, 1.165) is 42.7 Å². The predicted molar refractivity (Wildman–Crippen MR) is 140 cm³/mol. The van der Waals surface area contributed by atoms with E-state index < -0.39 is 0 Å². The van der Waals surface area contributed by atoms with Crippen molar-refractivity contribution in [2.24, 2.45) is 10.9 Å². The Kier molecular flexibility index (Phi) is 10.9. The molecule has 2 aromatic rings. The molecule has 172 valence electrons. The van der Waals surface area contributed by atoms with E-state index in [1.807, 2.05) is 29.5 Å². The number of piperidine rings is 1. The van der Waals surface area contributed by atoms with Crippen LogP contribution in [0.5, 0.6) is 11.5 Å². The van der Waals surface area contributed by atoms with Crippen molar-refractivity contribution in [3.8, 4) is 11.5 Å². The Hall–Kier alpha value is -1.52. The van der Waals surface area contributed by atoms with Gasteiger partial charge in [0.25, 0.3) is 0 Å². The lowest BCUT2D eigenvalue weighted by Gasteiger charge is -2.39. The average Bonchev–Trinajstić information content (AvgIpc) is 3.29. The van der Waals surface area contributed by atoms with Gasteiger partial charge in [0.05, 0.1) is 20.8 Å². The summed E-state index contributed by atoms with van der Waals surface area (Å²) in [7, 11) is 5.55. The molecule has 1 aromatic heterocycles. The SMILES string of the molecule is CCNC(=NCc1ccc(OC)c(OC)c1)NCC1CCCN(C)C1c1cccs1.I. The highest BCUT2D eigenvalue weighted by Crippen LogP contribution is 2.36. The van der Waals surface area contributed by atoms with Crippen molar-refractivity contribution >= 4 is 41.3 Å². The van der Waals surface area contributed by atoms with Crippen LogP contribution in [-0.4, -0.2) is 51.8 Å². The van der Waals surface area contributed by atoms with E-state index in [9.17, 15) is 0 Å². The molecular formula is C23H35IN4O2S. The van der Waals surface area contributed by atoms with Crippen LogP contribution in [0.2, 0.25) is 0 Å². The molecule has 1 aromatic carbocycles. The van der Waals surface area contributed by atoms with Gasteiger partial charge in [0.2, 0.25) is 0 Å². The smallest absolute Gasteiger partial charge is 0.191 e. The molecule has 1 aliphatic rings. The normalized spacial score (nSPS) is 19.4. The van der Waals surface area contributed by atoms with Crippen LogP contribution >= 0.6 is 35.3 Å². The van der Waals surface area contributed by atoms with Crippen molar-refractivity contribution in [3.05, 3.63) is 46.2 Å². The second-order valence-electron chi connectivity index (χ2n) is 7.61. The summed E-state index contributed by atoms with van der Waals surface area (Å²) in [5, 5.41) is 9.14. The minimum absolute atomic E-state index is 0. The maximum Gasteiger partial charge on any atom is 0.191 e. The van der Waals surface area contributed by atoms with Crippen molar-refractivity contribution in [1.82, 2.24) is 15.5 Å². The second kappa shape index (κ2) is 13.1. The Labute approximate surface area is 207 Å². The highest BCUT2D eigenvalue weighted by molar-refractivity contribution is 14.0. The van der Waals surface area contributed by atoms with Gasteiger partial charge in [-0.25, -0.2) is 4.99 Å². The van der Waals surface area contributed by atoms with Gasteiger partial charge in [-0.2, -0.15) is 0 Å². The Bertz CT molecular complexity index is 816. The number of guanidine groups is 1. The Morgan fingerprint density at radius 2 is 2.00 bits per heavy atom. The van der Waals surface area contributed by atoms with Crippen molar-refractivity contribution < 1.29 is 9.47 Å². The highest BCUT2D eigenvalue weighted by Gasteiger charge is 2.31. The van der Waals surface area contributed by atoms with Gasteiger partial charge in [0.1, 0.15) is 0 Å². The first-order chi connectivity index (χ1) is 14.7. The highest BCUT2D eigenvalue weighted by atomic mass is 127. The monoisotopic (exact) mass is 558 g/mol. The summed E-state index contributed by atoms with van der Waals surface area (Å²) >= 11 is 1.86. The zero-order valence-corrected chi connectivity index (χ0v) is 22.0. The van der Waals surface area contributed by atoms with E-state index in [1.54, 1.807) is 14.2 Å². The van der Waals surface area contributed by atoms with Gasteiger partial charge in [-0.05, 0) is 68.4 Å². The lowest BCUT2D eigenvalue weighted by Crippen LogP contribution is -2.44. The lowest BCUT2D eigenvalue weighted by atomic mass is 9.88. The number of nitrogens with zero attached hydrogens (tertiary/aromatic N) is 2. The fourth-order valence-corrected chi connectivity index (χ4v) is 5.08. The minimum atomic E-state index is 0. The van der Waals surface area contributed by atoms with Crippen LogP contribution in [0.3, 0.4) is 0 Å². The van der Waals surface area contributed by atoms with Gasteiger partial charge in [0, 0.05) is 24.0 Å². The van der Waals surface area contributed by atoms with E-state index in [1.165, 1.54) is 17.7 Å². The molecule has 0 radical (unpaired) electrons. The quantitative estimate of drug-likeness (QED) is 0.284. The Morgan fingerprint density at radius 1 is 1.19 bits per heavy atom. The maximum atomic E-state index is 5.41. The minimum Gasteiger partial charge on any atom is -0.493 e. The molecule has 0 bridgehead atoms. The van der Waals surface area contributed by atoms with Gasteiger partial charge in [-0.1, -0.05) is 12.1 Å². The summed E-state index contributed by atoms with van der Waals surface area (Å²) in [6.45, 7) is 5.57. The van der Waals surface area contributed by atoms with Crippen LogP contribution in [0.1, 0.15) is 36.2 Å². The van der Waals surface area contributed by atoms with E-state index >= 15 is 0 Å². The van der Waals surface area contributed by atoms with Crippen molar-refractivity contribution in [1.29, 1.82) is 0 Å². The summed E-state index contributed by atoms with van der Waals surface area (Å²) in [5.41, 5.74) is 1.08. The fraction of sp³-hybridized carbons (Fsp3) is 0.522. The molecule has 6 nitrogen and oxygen atoms in total. The number of likely N-dealkylation sites (tertiary alicyclic amines) is 1. The van der Waals surface area contributed by atoms with Gasteiger partial charge in [0.15, 0.2) is 17.5 Å². The molecule has 31 heavy (non-hydrogen) atoms. The number of rotatable bonds is 8. The molecule has 2 heterocycles. The van der Waals surface area contributed by atoms with Crippen LogP contribution in [-0.2, 0) is 6.54 Å². The molecule has 2 atom stereocenters. The van der Waals surface area contributed by atoms with Gasteiger partial charge in [-0.3, -0.25) is 4.90 Å². The van der Waals surface area contributed by atoms with E-state index in [4.69, 9.17) is 14.5 Å². The van der Waals surface area contributed by atoms with Crippen LogP contribution in [0.25, 0.3) is 0 Å². The molecule has 8 heteroatoms. The second-order valence-corrected chi connectivity index (χ2v) is 8.59. The van der Waals surface area contributed by atoms with Gasteiger partial charge in [-0.15, -0.1) is 35.3 Å². The molecule has 1 fully saturated rings. The molecule has 2 unspecified atom stereocenters. The van der Waals surface area contributed by atoms with E-state index in [-0.39, 0.29) is 24.0 Å². The van der Waals surface area contributed by atoms with E-state index in [2.05, 4.69) is 47.0 Å². The Morgan fingerprint density at radius 3 is 2.68 bits per heavy atom. The van der Waals surface area contributed by atoms with Crippen LogP contribution in [0, 0.1) is 5.92 Å². The summed E-state index contributed by atoms with van der Waals surface area (Å²) < 4.78 is 10.7. The number of hydrogen-bond donors (Lipinski definition) is 2. The number of benzene rings is 1. The third-order valence-electron chi connectivity index (χ3n) is 5.59. The largest absolute Gasteiger partial charge is 0.493 e.